The molecule has 2 saturated carbocycles. The number of quaternary nitrogens is 1. The molecule has 2 bridgehead atoms. The molecule has 2 aliphatic carbocycles. The van der Waals surface area contributed by atoms with Gasteiger partial charge in [0.05, 0.1) is 19.6 Å². The van der Waals surface area contributed by atoms with Crippen molar-refractivity contribution in [2.24, 2.45) is 16.7 Å². The van der Waals surface area contributed by atoms with Crippen LogP contribution in [0.2, 0.25) is 0 Å². The smallest absolute Gasteiger partial charge is 0.362 e. The zero-order valence-corrected chi connectivity index (χ0v) is 15.2. The molecular formula is C19H34NO2+. The van der Waals surface area contributed by atoms with Crippen LogP contribution in [0.5, 0.6) is 0 Å². The maximum absolute atomic E-state index is 12.6. The molecule has 22 heavy (non-hydrogen) atoms. The summed E-state index contributed by atoms with van der Waals surface area (Å²) in [5, 5.41) is 0. The van der Waals surface area contributed by atoms with E-state index in [1.54, 1.807) is 0 Å². The number of likely N-dealkylation sites (N-methyl/N-ethyl adjacent to an activating group) is 1. The summed E-state index contributed by atoms with van der Waals surface area (Å²) in [7, 11) is 0. The molecule has 0 saturated heterocycles. The van der Waals surface area contributed by atoms with Crippen LogP contribution < -0.4 is 0 Å². The van der Waals surface area contributed by atoms with E-state index in [0.29, 0.717) is 17.9 Å². The van der Waals surface area contributed by atoms with Gasteiger partial charge in [0, 0.05) is 5.41 Å². The lowest BCUT2D eigenvalue weighted by atomic mass is 9.70. The molecule has 2 fully saturated rings. The van der Waals surface area contributed by atoms with Crippen molar-refractivity contribution in [2.45, 2.75) is 60.0 Å². The third-order valence-electron chi connectivity index (χ3n) is 7.31. The molecule has 2 rings (SSSR count). The van der Waals surface area contributed by atoms with Gasteiger partial charge in [-0.15, -0.1) is 0 Å². The molecule has 0 spiro atoms. The maximum Gasteiger partial charge on any atom is 0.362 e. The average molecular weight is 308 g/mol. The molecule has 3 nitrogen and oxygen atoms in total. The zero-order chi connectivity index (χ0) is 16.6. The molecule has 2 aliphatic rings. The number of rotatable bonds is 7. The van der Waals surface area contributed by atoms with Gasteiger partial charge in [-0.2, -0.15) is 0 Å². The minimum atomic E-state index is -0.0277. The van der Waals surface area contributed by atoms with Crippen LogP contribution in [0.1, 0.15) is 53.9 Å². The predicted octanol–water partition coefficient (Wildman–Crippen LogP) is 3.79. The van der Waals surface area contributed by atoms with E-state index in [1.165, 1.54) is 12.8 Å². The van der Waals surface area contributed by atoms with Crippen molar-refractivity contribution in [1.29, 1.82) is 0 Å². The van der Waals surface area contributed by atoms with Gasteiger partial charge in [-0.25, -0.2) is 4.79 Å². The lowest BCUT2D eigenvalue weighted by Gasteiger charge is -2.39. The topological polar surface area (TPSA) is 26.3 Å². The van der Waals surface area contributed by atoms with Crippen LogP contribution in [0.4, 0.5) is 0 Å². The number of hydrogen-bond acceptors (Lipinski definition) is 2. The molecule has 0 aromatic heterocycles. The van der Waals surface area contributed by atoms with Crippen LogP contribution in [-0.4, -0.2) is 42.7 Å². The van der Waals surface area contributed by atoms with Crippen molar-refractivity contribution in [3.05, 3.63) is 12.7 Å². The van der Waals surface area contributed by atoms with E-state index in [2.05, 4.69) is 41.2 Å². The molecule has 0 radical (unpaired) electrons. The molecule has 3 heteroatoms. The highest BCUT2D eigenvalue weighted by Gasteiger charge is 2.63. The first-order valence-electron chi connectivity index (χ1n) is 8.90. The Hall–Kier alpha value is -0.830. The van der Waals surface area contributed by atoms with Crippen LogP contribution in [-0.2, 0) is 9.53 Å². The van der Waals surface area contributed by atoms with Gasteiger partial charge in [0.1, 0.15) is 6.10 Å². The van der Waals surface area contributed by atoms with Crippen molar-refractivity contribution < 1.29 is 14.0 Å². The fourth-order valence-electron chi connectivity index (χ4n) is 4.82. The number of esters is 1. The van der Waals surface area contributed by atoms with E-state index < -0.39 is 0 Å². The standard InChI is InChI=1S/C19H34NO2/c1-7-12-20(8-2,9-3)14-17(21)22-16-13-15-10-11-19(16,6)18(15,4)5/h7,15-16H,1,8-14H2,2-6H3/q+1/t15-,16-,19+/m1/s1. The summed E-state index contributed by atoms with van der Waals surface area (Å²) < 4.78 is 6.75. The van der Waals surface area contributed by atoms with Crippen LogP contribution >= 0.6 is 0 Å². The predicted molar refractivity (Wildman–Crippen MR) is 90.4 cm³/mol. The fourth-order valence-corrected chi connectivity index (χ4v) is 4.82. The van der Waals surface area contributed by atoms with Gasteiger partial charge < -0.3 is 9.22 Å². The molecule has 0 unspecified atom stereocenters. The Morgan fingerprint density at radius 3 is 2.36 bits per heavy atom. The highest BCUT2D eigenvalue weighted by atomic mass is 16.5. The second-order valence-electron chi connectivity index (χ2n) is 8.19. The summed E-state index contributed by atoms with van der Waals surface area (Å²) in [6.07, 6.45) is 5.56. The maximum atomic E-state index is 12.6. The molecule has 0 aromatic rings. The van der Waals surface area contributed by atoms with Crippen molar-refractivity contribution in [1.82, 2.24) is 0 Å². The van der Waals surface area contributed by atoms with Gasteiger partial charge in [-0.05, 0) is 50.5 Å². The van der Waals surface area contributed by atoms with Gasteiger partial charge in [0.15, 0.2) is 6.54 Å². The number of carbonyl (C=O) groups is 1. The number of carbonyl (C=O) groups excluding carboxylic acids is 1. The summed E-state index contributed by atoms with van der Waals surface area (Å²) in [6.45, 7) is 18.3. The Labute approximate surface area is 136 Å². The van der Waals surface area contributed by atoms with Gasteiger partial charge in [0.25, 0.3) is 0 Å². The lowest BCUT2D eigenvalue weighted by molar-refractivity contribution is -0.912. The monoisotopic (exact) mass is 308 g/mol. The fraction of sp³-hybridized carbons (Fsp3) is 0.842. The van der Waals surface area contributed by atoms with E-state index >= 15 is 0 Å². The normalized spacial score (nSPS) is 33.0. The molecule has 0 N–H and O–H groups in total. The second kappa shape index (κ2) is 5.99. The highest BCUT2D eigenvalue weighted by molar-refractivity contribution is 5.71. The average Bonchev–Trinajstić information content (AvgIpc) is 2.80. The van der Waals surface area contributed by atoms with Crippen molar-refractivity contribution >= 4 is 5.97 Å². The Morgan fingerprint density at radius 1 is 1.32 bits per heavy atom. The van der Waals surface area contributed by atoms with Gasteiger partial charge >= 0.3 is 5.97 Å². The summed E-state index contributed by atoms with van der Waals surface area (Å²) in [5.41, 5.74) is 0.445. The molecule has 3 atom stereocenters. The van der Waals surface area contributed by atoms with E-state index in [9.17, 15) is 4.79 Å². The number of fused-ring (bicyclic) bond motifs is 2. The SMILES string of the molecule is C=CC[N+](CC)(CC)CC(=O)O[C@@H]1C[C@H]2CC[C@]1(C)C2(C)C. The summed E-state index contributed by atoms with van der Waals surface area (Å²) >= 11 is 0. The molecular weight excluding hydrogens is 274 g/mol. The molecule has 0 aromatic carbocycles. The van der Waals surface area contributed by atoms with Gasteiger partial charge in [-0.1, -0.05) is 27.4 Å². The summed E-state index contributed by atoms with van der Waals surface area (Å²) in [5.74, 6) is 0.681. The summed E-state index contributed by atoms with van der Waals surface area (Å²) in [6, 6.07) is 0. The van der Waals surface area contributed by atoms with Crippen LogP contribution in [0.15, 0.2) is 12.7 Å². The Bertz CT molecular complexity index is 439. The van der Waals surface area contributed by atoms with Gasteiger partial charge in [-0.3, -0.25) is 0 Å². The van der Waals surface area contributed by atoms with Crippen LogP contribution in [0, 0.1) is 16.7 Å². The third kappa shape index (κ3) is 2.62. The number of nitrogens with zero attached hydrogens (tertiary/aromatic N) is 1. The third-order valence-corrected chi connectivity index (χ3v) is 7.31. The van der Waals surface area contributed by atoms with Crippen molar-refractivity contribution in [3.63, 3.8) is 0 Å². The molecule has 126 valence electrons. The molecule has 0 heterocycles. The number of ether oxygens (including phenoxy) is 1. The van der Waals surface area contributed by atoms with E-state index in [1.807, 2.05) is 6.08 Å². The van der Waals surface area contributed by atoms with Gasteiger partial charge in [0.2, 0.25) is 0 Å². The van der Waals surface area contributed by atoms with E-state index in [4.69, 9.17) is 4.74 Å². The van der Waals surface area contributed by atoms with Crippen LogP contribution in [0.25, 0.3) is 0 Å². The Balaban J connectivity index is 2.03. The first-order valence-corrected chi connectivity index (χ1v) is 8.90. The van der Waals surface area contributed by atoms with E-state index in [0.717, 1.165) is 30.5 Å². The van der Waals surface area contributed by atoms with Crippen LogP contribution in [0.3, 0.4) is 0 Å². The second-order valence-corrected chi connectivity index (χ2v) is 8.19. The largest absolute Gasteiger partial charge is 0.458 e. The molecule has 0 amide bonds. The lowest BCUT2D eigenvalue weighted by Crippen LogP contribution is -2.52. The minimum absolute atomic E-state index is 0.0277. The summed E-state index contributed by atoms with van der Waals surface area (Å²) in [4.78, 5) is 12.6. The first-order chi connectivity index (χ1) is 10.2. The molecule has 0 aliphatic heterocycles. The highest BCUT2D eigenvalue weighted by Crippen LogP contribution is 2.66. The Kier molecular flexibility index (Phi) is 4.77. The quantitative estimate of drug-likeness (QED) is 0.406. The van der Waals surface area contributed by atoms with E-state index in [-0.39, 0.29) is 17.5 Å². The first kappa shape index (κ1) is 17.5. The van der Waals surface area contributed by atoms with Crippen molar-refractivity contribution in [2.75, 3.05) is 26.2 Å². The van der Waals surface area contributed by atoms with Crippen molar-refractivity contribution in [3.8, 4) is 0 Å². The Morgan fingerprint density at radius 2 is 1.95 bits per heavy atom. The minimum Gasteiger partial charge on any atom is -0.458 e. The zero-order valence-electron chi connectivity index (χ0n) is 15.2. The number of hydrogen-bond donors (Lipinski definition) is 0.